The highest BCUT2D eigenvalue weighted by atomic mass is 127. The quantitative estimate of drug-likeness (QED) is 0.419. The number of benzene rings is 2. The number of nitrogens with one attached hydrogen (secondary N) is 1. The van der Waals surface area contributed by atoms with Crippen molar-refractivity contribution in [3.05, 3.63) is 39.0 Å². The molecule has 0 bridgehead atoms. The third-order valence-electron chi connectivity index (χ3n) is 8.49. The Bertz CT molecular complexity index is 1380. The predicted molar refractivity (Wildman–Crippen MR) is 144 cm³/mol. The number of halogens is 3. The molecular formula is C28H28F2INO8. The molecule has 9 nitrogen and oxygen atoms in total. The number of rotatable bonds is 5. The summed E-state index contributed by atoms with van der Waals surface area (Å²) in [6, 6.07) is 6.46. The Hall–Kier alpha value is -3.03. The Labute approximate surface area is 242 Å². The van der Waals surface area contributed by atoms with Crippen LogP contribution in [0, 0.1) is 15.4 Å². The van der Waals surface area contributed by atoms with Gasteiger partial charge in [-0.1, -0.05) is 0 Å². The summed E-state index contributed by atoms with van der Waals surface area (Å²) in [6.45, 7) is 1.73. The van der Waals surface area contributed by atoms with Crippen LogP contribution >= 0.6 is 22.6 Å². The number of carboxylic acid groups (broad SMARTS) is 1. The van der Waals surface area contributed by atoms with E-state index in [1.807, 2.05) is 28.7 Å². The molecule has 2 N–H and O–H groups in total. The fourth-order valence-electron chi connectivity index (χ4n) is 6.15. The number of carbonyl (C=O) groups is 2. The fraction of sp³-hybridized carbons (Fsp3) is 0.500. The van der Waals surface area contributed by atoms with Gasteiger partial charge in [0.25, 0.3) is 0 Å². The highest BCUT2D eigenvalue weighted by Gasteiger charge is 2.51. The van der Waals surface area contributed by atoms with Crippen LogP contribution in [0.4, 0.5) is 8.78 Å². The number of ether oxygens (including phenoxy) is 5. The lowest BCUT2D eigenvalue weighted by atomic mass is 9.76. The van der Waals surface area contributed by atoms with E-state index in [-0.39, 0.29) is 42.0 Å². The largest absolute Gasteiger partial charge is 0.586 e. The molecule has 40 heavy (non-hydrogen) atoms. The van der Waals surface area contributed by atoms with Crippen LogP contribution in [0.1, 0.15) is 56.2 Å². The van der Waals surface area contributed by atoms with Crippen LogP contribution in [-0.4, -0.2) is 43.1 Å². The van der Waals surface area contributed by atoms with Crippen molar-refractivity contribution >= 4 is 34.5 Å². The first kappa shape index (κ1) is 27.2. The molecule has 0 aromatic heterocycles. The first-order chi connectivity index (χ1) is 19.0. The number of hydrogen-bond donors (Lipinski definition) is 2. The third-order valence-corrected chi connectivity index (χ3v) is 9.47. The van der Waals surface area contributed by atoms with Crippen molar-refractivity contribution in [2.24, 2.45) is 11.8 Å². The van der Waals surface area contributed by atoms with Gasteiger partial charge in [-0.15, -0.1) is 8.78 Å². The standard InChI is InChI=1S/C28H28F2INO8/c1-27(12-37-23-17(27)10-21-24(22(23)31)40-28(29,30)39-21)26(35)32-18-11-19(13-3-5-14(6-4-13)25(33)34)38-20-9-15(36-2)7-8-16(18)20/h7-10,13-14,18-19H,3-6,11-12H2,1-2H3,(H,32,35)(H,33,34)/t13-,14-,18-,19-,27+/m1/s1. The average molecular weight is 671 g/mol. The maximum absolute atomic E-state index is 13.9. The minimum atomic E-state index is -3.79. The zero-order valence-electron chi connectivity index (χ0n) is 21.8. The summed E-state index contributed by atoms with van der Waals surface area (Å²) in [5.74, 6) is 0.00281. The molecule has 6 rings (SSSR count). The Kier molecular flexibility index (Phi) is 6.66. The monoisotopic (exact) mass is 671 g/mol. The van der Waals surface area contributed by atoms with Crippen molar-refractivity contribution in [2.45, 2.75) is 62.9 Å². The minimum Gasteiger partial charge on any atom is -0.497 e. The smallest absolute Gasteiger partial charge is 0.497 e. The molecule has 2 aromatic rings. The highest BCUT2D eigenvalue weighted by Crippen LogP contribution is 2.54. The molecule has 12 heteroatoms. The second-order valence-corrected chi connectivity index (χ2v) is 12.0. The number of carboxylic acids is 1. The predicted octanol–water partition coefficient (Wildman–Crippen LogP) is 5.17. The average Bonchev–Trinajstić information content (AvgIpc) is 3.44. The van der Waals surface area contributed by atoms with E-state index >= 15 is 0 Å². The minimum absolute atomic E-state index is 0.0186. The molecule has 1 aliphatic carbocycles. The summed E-state index contributed by atoms with van der Waals surface area (Å²) in [5, 5.41) is 12.6. The van der Waals surface area contributed by atoms with E-state index in [9.17, 15) is 23.5 Å². The normalized spacial score (nSPS) is 29.4. The van der Waals surface area contributed by atoms with Crippen molar-refractivity contribution in [2.75, 3.05) is 13.7 Å². The molecule has 1 saturated carbocycles. The molecule has 0 saturated heterocycles. The Morgan fingerprint density at radius 3 is 2.55 bits per heavy atom. The number of hydrogen-bond acceptors (Lipinski definition) is 7. The molecule has 4 aliphatic rings. The summed E-state index contributed by atoms with van der Waals surface area (Å²) in [6.07, 6.45) is -0.905. The van der Waals surface area contributed by atoms with E-state index in [0.717, 1.165) is 18.4 Å². The molecule has 0 radical (unpaired) electrons. The first-order valence-corrected chi connectivity index (χ1v) is 14.2. The molecule has 3 aliphatic heterocycles. The van der Waals surface area contributed by atoms with Gasteiger partial charge in [0.1, 0.15) is 38.9 Å². The lowest BCUT2D eigenvalue weighted by Crippen LogP contribution is -2.47. The maximum Gasteiger partial charge on any atom is 0.586 e. The maximum atomic E-state index is 13.9. The SMILES string of the molecule is COc1ccc2c(c1)O[C@@H]([C@H]1CC[C@H](C(=O)O)CC1)C[C@H]2NC(=O)[C@@]1(C)COc2c1cc1c(c2I)OC(F)(F)O1. The van der Waals surface area contributed by atoms with Gasteiger partial charge in [0.2, 0.25) is 5.91 Å². The van der Waals surface area contributed by atoms with Gasteiger partial charge in [-0.05, 0) is 79.3 Å². The van der Waals surface area contributed by atoms with Crippen LogP contribution < -0.4 is 29.0 Å². The van der Waals surface area contributed by atoms with Crippen molar-refractivity contribution in [3.8, 4) is 28.7 Å². The van der Waals surface area contributed by atoms with Gasteiger partial charge >= 0.3 is 12.3 Å². The summed E-state index contributed by atoms with van der Waals surface area (Å²) in [4.78, 5) is 25.4. The topological polar surface area (TPSA) is 113 Å². The van der Waals surface area contributed by atoms with Crippen LogP contribution in [0.15, 0.2) is 24.3 Å². The summed E-state index contributed by atoms with van der Waals surface area (Å²) in [7, 11) is 1.57. The molecule has 3 atom stereocenters. The van der Waals surface area contributed by atoms with Crippen LogP contribution in [0.2, 0.25) is 0 Å². The van der Waals surface area contributed by atoms with Crippen molar-refractivity contribution in [1.82, 2.24) is 5.32 Å². The van der Waals surface area contributed by atoms with E-state index in [4.69, 9.17) is 14.2 Å². The second kappa shape index (κ2) is 9.81. The van der Waals surface area contributed by atoms with Gasteiger partial charge in [0.05, 0.1) is 19.1 Å². The fourth-order valence-corrected chi connectivity index (χ4v) is 6.97. The lowest BCUT2D eigenvalue weighted by molar-refractivity contribution is -0.287. The van der Waals surface area contributed by atoms with E-state index in [1.54, 1.807) is 26.2 Å². The Balaban J connectivity index is 1.27. The molecular weight excluding hydrogens is 643 g/mol. The second-order valence-electron chi connectivity index (χ2n) is 11.0. The number of carbonyl (C=O) groups excluding carboxylic acids is 1. The number of methoxy groups -OCH3 is 1. The van der Waals surface area contributed by atoms with Gasteiger partial charge in [-0.2, -0.15) is 0 Å². The van der Waals surface area contributed by atoms with Crippen LogP contribution in [0.3, 0.4) is 0 Å². The van der Waals surface area contributed by atoms with Gasteiger partial charge in [0.15, 0.2) is 11.5 Å². The molecule has 0 spiro atoms. The van der Waals surface area contributed by atoms with E-state index < -0.39 is 23.7 Å². The van der Waals surface area contributed by atoms with Crippen LogP contribution in [-0.2, 0) is 15.0 Å². The van der Waals surface area contributed by atoms with Crippen LogP contribution in [0.25, 0.3) is 0 Å². The molecule has 1 amide bonds. The molecule has 1 fully saturated rings. The molecule has 2 aromatic carbocycles. The molecule has 3 heterocycles. The summed E-state index contributed by atoms with van der Waals surface area (Å²) >= 11 is 1.86. The van der Waals surface area contributed by atoms with Crippen LogP contribution in [0.5, 0.6) is 28.7 Å². The summed E-state index contributed by atoms with van der Waals surface area (Å²) < 4.78 is 54.9. The van der Waals surface area contributed by atoms with E-state index in [0.29, 0.717) is 45.6 Å². The van der Waals surface area contributed by atoms with E-state index in [2.05, 4.69) is 14.8 Å². The number of fused-ring (bicyclic) bond motifs is 3. The highest BCUT2D eigenvalue weighted by molar-refractivity contribution is 14.1. The van der Waals surface area contributed by atoms with Gasteiger partial charge in [-0.25, -0.2) is 0 Å². The van der Waals surface area contributed by atoms with Gasteiger partial charge in [0, 0.05) is 23.6 Å². The van der Waals surface area contributed by atoms with Gasteiger partial charge in [-0.3, -0.25) is 9.59 Å². The molecule has 0 unspecified atom stereocenters. The Morgan fingerprint density at radius 1 is 1.10 bits per heavy atom. The van der Waals surface area contributed by atoms with Crippen molar-refractivity contribution < 1.29 is 47.2 Å². The number of amides is 1. The first-order valence-electron chi connectivity index (χ1n) is 13.1. The van der Waals surface area contributed by atoms with Gasteiger partial charge < -0.3 is 34.1 Å². The third kappa shape index (κ3) is 4.57. The zero-order valence-corrected chi connectivity index (χ0v) is 24.0. The molecule has 214 valence electrons. The van der Waals surface area contributed by atoms with Crippen molar-refractivity contribution in [1.29, 1.82) is 0 Å². The number of aliphatic carboxylic acids is 1. The van der Waals surface area contributed by atoms with Crippen molar-refractivity contribution in [3.63, 3.8) is 0 Å². The number of alkyl halides is 2. The lowest BCUT2D eigenvalue weighted by Gasteiger charge is -2.39. The summed E-state index contributed by atoms with van der Waals surface area (Å²) in [5.41, 5.74) is 0.0678. The van der Waals surface area contributed by atoms with E-state index in [1.165, 1.54) is 6.07 Å². The zero-order chi connectivity index (χ0) is 28.4. The Morgan fingerprint density at radius 2 is 1.85 bits per heavy atom.